The molecular formula is C63H82N4O6S. The van der Waals surface area contributed by atoms with Crippen LogP contribution in [0.4, 0.5) is 0 Å². The van der Waals surface area contributed by atoms with E-state index in [0.717, 1.165) is 141 Å². The Hall–Kier alpha value is -5.78. The summed E-state index contributed by atoms with van der Waals surface area (Å²) < 4.78 is 33.6. The van der Waals surface area contributed by atoms with Crippen LogP contribution in [-0.4, -0.2) is 73.6 Å². The van der Waals surface area contributed by atoms with Gasteiger partial charge in [-0.25, -0.2) is 8.42 Å². The van der Waals surface area contributed by atoms with E-state index in [0.29, 0.717) is 49.2 Å². The van der Waals surface area contributed by atoms with Gasteiger partial charge in [0.05, 0.1) is 4.90 Å². The molecule has 0 radical (unpaired) electrons. The zero-order valence-corrected chi connectivity index (χ0v) is 44.7. The summed E-state index contributed by atoms with van der Waals surface area (Å²) in [6.07, 6.45) is 46.0. The number of aryl methyl sites for hydroxylation is 1. The van der Waals surface area contributed by atoms with E-state index in [9.17, 15) is 22.8 Å². The van der Waals surface area contributed by atoms with Crippen molar-refractivity contribution in [3.8, 4) is 11.5 Å². The first-order chi connectivity index (χ1) is 36.2. The molecular weight excluding hydrogens is 941 g/mol. The number of benzene rings is 3. The average Bonchev–Trinajstić information content (AvgIpc) is 3.45. The predicted octanol–water partition coefficient (Wildman–Crippen LogP) is 13.6. The van der Waals surface area contributed by atoms with Crippen molar-refractivity contribution in [2.45, 2.75) is 177 Å². The zero-order chi connectivity index (χ0) is 51.6. The summed E-state index contributed by atoms with van der Waals surface area (Å²) in [6, 6.07) is 23.9. The molecule has 8 rings (SSSR count). The summed E-state index contributed by atoms with van der Waals surface area (Å²) in [5, 5.41) is 6.39. The molecule has 396 valence electrons. The van der Waals surface area contributed by atoms with Crippen molar-refractivity contribution < 1.29 is 27.5 Å². The van der Waals surface area contributed by atoms with Crippen molar-refractivity contribution in [1.82, 2.24) is 19.8 Å². The lowest BCUT2D eigenvalue weighted by molar-refractivity contribution is -0.127. The lowest BCUT2D eigenvalue weighted by atomic mass is 9.95. The molecule has 2 saturated heterocycles. The molecule has 11 heteroatoms. The number of nitrogens with one attached hydrogen (secondary N) is 2. The number of carbonyl (C=O) groups excluding carboxylic acids is 3. The van der Waals surface area contributed by atoms with Crippen molar-refractivity contribution in [3.63, 3.8) is 0 Å². The van der Waals surface area contributed by atoms with Gasteiger partial charge in [0.2, 0.25) is 22.3 Å². The van der Waals surface area contributed by atoms with Gasteiger partial charge in [0.15, 0.2) is 0 Å². The fourth-order valence-electron chi connectivity index (χ4n) is 10.8. The average molecular weight is 1020 g/mol. The lowest BCUT2D eigenvalue weighted by Gasteiger charge is -2.36. The van der Waals surface area contributed by atoms with Crippen LogP contribution in [0.3, 0.4) is 0 Å². The van der Waals surface area contributed by atoms with Gasteiger partial charge in [-0.15, -0.1) is 0 Å². The minimum atomic E-state index is -3.51. The molecule has 0 aromatic heterocycles. The first-order valence-electron chi connectivity index (χ1n) is 28.0. The van der Waals surface area contributed by atoms with Gasteiger partial charge in [0, 0.05) is 37.3 Å². The van der Waals surface area contributed by atoms with Gasteiger partial charge in [0.1, 0.15) is 17.5 Å². The summed E-state index contributed by atoms with van der Waals surface area (Å²) in [4.78, 5) is 40.5. The number of amides is 3. The van der Waals surface area contributed by atoms with E-state index >= 15 is 0 Å². The second kappa shape index (κ2) is 30.6. The molecule has 0 bridgehead atoms. The third kappa shape index (κ3) is 18.3. The van der Waals surface area contributed by atoms with E-state index < -0.39 is 16.1 Å². The van der Waals surface area contributed by atoms with Gasteiger partial charge in [-0.1, -0.05) is 108 Å². The zero-order valence-electron chi connectivity index (χ0n) is 43.9. The molecule has 10 nitrogen and oxygen atoms in total. The number of allylic oxidation sites excluding steroid dienone is 12. The van der Waals surface area contributed by atoms with E-state index in [1.165, 1.54) is 35.1 Å². The van der Waals surface area contributed by atoms with Crippen molar-refractivity contribution in [2.24, 2.45) is 0 Å². The minimum absolute atomic E-state index is 0.0442. The molecule has 3 aromatic rings. The van der Waals surface area contributed by atoms with Crippen LogP contribution in [0.15, 0.2) is 155 Å². The highest BCUT2D eigenvalue weighted by molar-refractivity contribution is 7.89. The van der Waals surface area contributed by atoms with Gasteiger partial charge in [-0.3, -0.25) is 14.4 Å². The quantitative estimate of drug-likeness (QED) is 0.0815. The van der Waals surface area contributed by atoms with Gasteiger partial charge in [-0.05, 0) is 202 Å². The number of hydrogen-bond acceptors (Lipinski definition) is 6. The van der Waals surface area contributed by atoms with E-state index in [4.69, 9.17) is 4.74 Å². The number of piperidine rings is 2. The van der Waals surface area contributed by atoms with Crippen molar-refractivity contribution in [1.29, 1.82) is 0 Å². The first kappa shape index (κ1) is 56.0. The van der Waals surface area contributed by atoms with Crippen LogP contribution in [0.2, 0.25) is 0 Å². The Bertz CT molecular complexity index is 2480. The van der Waals surface area contributed by atoms with Crippen LogP contribution in [0.25, 0.3) is 0 Å². The summed E-state index contributed by atoms with van der Waals surface area (Å²) in [6.45, 7) is 1.67. The summed E-state index contributed by atoms with van der Waals surface area (Å²) in [5.41, 5.74) is 6.14. The van der Waals surface area contributed by atoms with E-state index in [1.54, 1.807) is 57.7 Å². The number of sulfonamides is 1. The SMILES string of the molecule is O=C(NC(CCCC1=CCCC=C1)CCCC1=CCCC=C1)C1CCCCN1C(=O)c1ccc(Oc2ccc(S(=O)(=O)N3CCCCC3)cc2)cc1.O=CNC(CCCC1=CCCC=C1)CCCc1ccccc1. The fourth-order valence-corrected chi connectivity index (χ4v) is 12.3. The van der Waals surface area contributed by atoms with Crippen LogP contribution < -0.4 is 15.4 Å². The maximum Gasteiger partial charge on any atom is 0.254 e. The number of rotatable bonds is 25. The Balaban J connectivity index is 0.000000303. The van der Waals surface area contributed by atoms with E-state index in [2.05, 4.69) is 95.6 Å². The lowest BCUT2D eigenvalue weighted by Crippen LogP contribution is -2.53. The Labute approximate surface area is 443 Å². The molecule has 2 aliphatic heterocycles. The first-order valence-corrected chi connectivity index (χ1v) is 29.5. The summed E-state index contributed by atoms with van der Waals surface area (Å²) >= 11 is 0. The van der Waals surface area contributed by atoms with Gasteiger partial charge >= 0.3 is 0 Å². The van der Waals surface area contributed by atoms with Crippen molar-refractivity contribution in [2.75, 3.05) is 19.6 Å². The fraction of sp³-hybridized carbons (Fsp3) is 0.476. The molecule has 2 N–H and O–H groups in total. The molecule has 2 unspecified atom stereocenters. The maximum absolute atomic E-state index is 13.9. The molecule has 0 spiro atoms. The van der Waals surface area contributed by atoms with Gasteiger partial charge < -0.3 is 20.3 Å². The van der Waals surface area contributed by atoms with Crippen molar-refractivity contribution in [3.05, 3.63) is 161 Å². The molecule has 3 aliphatic carbocycles. The monoisotopic (exact) mass is 1020 g/mol. The number of ether oxygens (including phenoxy) is 1. The highest BCUT2D eigenvalue weighted by Gasteiger charge is 2.34. The van der Waals surface area contributed by atoms with E-state index in [1.807, 2.05) is 0 Å². The van der Waals surface area contributed by atoms with Crippen LogP contribution >= 0.6 is 0 Å². The highest BCUT2D eigenvalue weighted by atomic mass is 32.2. The molecule has 2 atom stereocenters. The standard InChI is InChI=1S/C43H55N3O5S.C20H27NO/c47-42(44-37(20-12-18-34-14-4-1-5-15-34)21-13-19-35-16-6-2-7-17-35)41-22-8-11-33-46(41)43(48)36-23-25-38(26-24-36)51-39-27-29-40(30-28-39)52(49,50)45-31-9-3-10-32-45;22-17-21-20(15-7-13-18-9-3-1-4-10-18)16-8-14-19-11-5-2-6-12-19/h4,6,14-17,23-30,37,41H,1-3,5,7-13,18-22,31-33H2,(H,44,47);1,3-5,9-12,17,20H,2,6-8,13-16H2,(H,21,22). The molecule has 2 fully saturated rings. The second-order valence-corrected chi connectivity index (χ2v) is 22.5. The van der Waals surface area contributed by atoms with Gasteiger partial charge in [-0.2, -0.15) is 4.31 Å². The summed E-state index contributed by atoms with van der Waals surface area (Å²) in [7, 11) is -3.51. The predicted molar refractivity (Wildman–Crippen MR) is 299 cm³/mol. The third-order valence-electron chi connectivity index (χ3n) is 15.0. The third-order valence-corrected chi connectivity index (χ3v) is 16.9. The largest absolute Gasteiger partial charge is 0.457 e. The molecule has 0 saturated carbocycles. The van der Waals surface area contributed by atoms with Gasteiger partial charge in [0.25, 0.3) is 5.91 Å². The number of carbonyl (C=O) groups is 3. The molecule has 3 amide bonds. The van der Waals surface area contributed by atoms with Crippen LogP contribution in [0, 0.1) is 0 Å². The Morgan fingerprint density at radius 3 is 1.64 bits per heavy atom. The van der Waals surface area contributed by atoms with E-state index in [-0.39, 0.29) is 22.8 Å². The molecule has 2 heterocycles. The highest BCUT2D eigenvalue weighted by Crippen LogP contribution is 2.28. The second-order valence-electron chi connectivity index (χ2n) is 20.6. The van der Waals surface area contributed by atoms with Crippen LogP contribution in [0.1, 0.15) is 164 Å². The Morgan fingerprint density at radius 2 is 1.11 bits per heavy atom. The Kier molecular flexibility index (Phi) is 23.1. The molecule has 74 heavy (non-hydrogen) atoms. The normalized spacial score (nSPS) is 18.3. The molecule has 5 aliphatic rings. The van der Waals surface area contributed by atoms with Crippen LogP contribution in [0.5, 0.6) is 11.5 Å². The number of nitrogens with zero attached hydrogens (tertiary/aromatic N) is 2. The minimum Gasteiger partial charge on any atom is -0.457 e. The van der Waals surface area contributed by atoms with Crippen molar-refractivity contribution >= 4 is 28.2 Å². The number of likely N-dealkylation sites (tertiary alicyclic amines) is 1. The Morgan fingerprint density at radius 1 is 0.595 bits per heavy atom. The van der Waals surface area contributed by atoms with Crippen LogP contribution in [-0.2, 0) is 26.0 Å². The summed E-state index contributed by atoms with van der Waals surface area (Å²) in [5.74, 6) is 0.857. The number of hydrogen-bond donors (Lipinski definition) is 2. The maximum atomic E-state index is 13.9. The molecule has 3 aromatic carbocycles. The topological polar surface area (TPSA) is 125 Å². The smallest absolute Gasteiger partial charge is 0.254 e.